The molecule has 2 rings (SSSR count). The Morgan fingerprint density at radius 1 is 0.906 bits per heavy atom. The van der Waals surface area contributed by atoms with Gasteiger partial charge in [-0.3, -0.25) is 9.10 Å². The second kappa shape index (κ2) is 10.5. The van der Waals surface area contributed by atoms with Gasteiger partial charge in [0.1, 0.15) is 6.54 Å². The summed E-state index contributed by atoms with van der Waals surface area (Å²) >= 11 is 0. The van der Waals surface area contributed by atoms with Crippen LogP contribution in [0.2, 0.25) is 0 Å². The Bertz CT molecular complexity index is 1120. The number of nitrogens with one attached hydrogen (secondary N) is 1. The van der Waals surface area contributed by atoms with Crippen LogP contribution in [0.4, 0.5) is 11.4 Å². The first-order chi connectivity index (χ1) is 14.9. The average molecular weight is 482 g/mol. The molecule has 8 nitrogen and oxygen atoms in total. The fraction of sp³-hybridized carbons (Fsp3) is 0.409. The minimum atomic E-state index is -3.69. The maximum absolute atomic E-state index is 12.6. The van der Waals surface area contributed by atoms with Crippen molar-refractivity contribution in [1.29, 1.82) is 0 Å². The van der Waals surface area contributed by atoms with Gasteiger partial charge in [0.15, 0.2) is 0 Å². The van der Waals surface area contributed by atoms with Crippen LogP contribution < -0.4 is 9.62 Å². The number of amides is 1. The van der Waals surface area contributed by atoms with E-state index in [0.29, 0.717) is 30.4 Å². The molecule has 0 aromatic heterocycles. The number of hydrogen-bond donors (Lipinski definition) is 1. The lowest BCUT2D eigenvalue weighted by atomic mass is 10.0. The third-order valence-corrected chi connectivity index (χ3v) is 8.22. The van der Waals surface area contributed by atoms with Gasteiger partial charge in [0.25, 0.3) is 0 Å². The normalized spacial score (nSPS) is 12.2. The van der Waals surface area contributed by atoms with Crippen LogP contribution in [0.3, 0.4) is 0 Å². The molecule has 1 amide bonds. The molecule has 0 fully saturated rings. The highest BCUT2D eigenvalue weighted by Gasteiger charge is 2.23. The van der Waals surface area contributed by atoms with Gasteiger partial charge in [-0.25, -0.2) is 16.8 Å². The largest absolute Gasteiger partial charge is 0.325 e. The monoisotopic (exact) mass is 481 g/mol. The summed E-state index contributed by atoms with van der Waals surface area (Å²) in [6.07, 6.45) is 1.05. The first-order valence-corrected chi connectivity index (χ1v) is 13.7. The quantitative estimate of drug-likeness (QED) is 0.561. The lowest BCUT2D eigenvalue weighted by Crippen LogP contribution is -2.37. The standard InChI is InChI=1S/C22H31N3O5S2/c1-6-24(7-2)32(29,30)21-14-10-19(11-15-21)23-22(26)16-25(31(5,27)28)20-12-8-18(9-13-20)17(3)4/h8-15,17H,6-7,16H2,1-5H3,(H,23,26). The summed E-state index contributed by atoms with van der Waals surface area (Å²) in [4.78, 5) is 12.7. The Kier molecular flexibility index (Phi) is 8.44. The Morgan fingerprint density at radius 2 is 1.44 bits per heavy atom. The van der Waals surface area contributed by atoms with Gasteiger partial charge in [-0.2, -0.15) is 4.31 Å². The molecule has 0 saturated carbocycles. The topological polar surface area (TPSA) is 104 Å². The van der Waals surface area contributed by atoms with Crippen LogP contribution in [0.5, 0.6) is 0 Å². The van der Waals surface area contributed by atoms with Crippen molar-refractivity contribution in [2.24, 2.45) is 0 Å². The molecule has 0 aliphatic rings. The lowest BCUT2D eigenvalue weighted by Gasteiger charge is -2.22. The summed E-state index contributed by atoms with van der Waals surface area (Å²) in [7, 11) is -7.29. The van der Waals surface area contributed by atoms with Crippen molar-refractivity contribution >= 4 is 37.3 Å². The first-order valence-electron chi connectivity index (χ1n) is 10.4. The number of rotatable bonds is 10. The van der Waals surface area contributed by atoms with E-state index in [1.54, 1.807) is 26.0 Å². The Hall–Kier alpha value is -2.43. The van der Waals surface area contributed by atoms with Gasteiger partial charge in [-0.05, 0) is 47.9 Å². The van der Waals surface area contributed by atoms with Gasteiger partial charge < -0.3 is 5.32 Å². The van der Waals surface area contributed by atoms with Gasteiger partial charge in [-0.1, -0.05) is 39.8 Å². The predicted molar refractivity (Wildman–Crippen MR) is 128 cm³/mol. The second-order valence-corrected chi connectivity index (χ2v) is 11.5. The van der Waals surface area contributed by atoms with E-state index in [1.807, 2.05) is 26.0 Å². The highest BCUT2D eigenvalue weighted by Crippen LogP contribution is 2.22. The van der Waals surface area contributed by atoms with Crippen LogP contribution >= 0.6 is 0 Å². The molecule has 0 aliphatic heterocycles. The molecule has 0 radical (unpaired) electrons. The summed E-state index contributed by atoms with van der Waals surface area (Å²) in [5.41, 5.74) is 1.83. The van der Waals surface area contributed by atoms with E-state index in [0.717, 1.165) is 16.1 Å². The third kappa shape index (κ3) is 6.30. The molecular weight excluding hydrogens is 450 g/mol. The smallest absolute Gasteiger partial charge is 0.245 e. The molecule has 0 saturated heterocycles. The summed E-state index contributed by atoms with van der Waals surface area (Å²) in [6.45, 7) is 7.91. The van der Waals surface area contributed by atoms with Crippen molar-refractivity contribution in [3.63, 3.8) is 0 Å². The van der Waals surface area contributed by atoms with Crippen LogP contribution in [-0.2, 0) is 24.8 Å². The molecule has 0 spiro atoms. The van der Waals surface area contributed by atoms with E-state index < -0.39 is 32.5 Å². The molecule has 176 valence electrons. The second-order valence-electron chi connectivity index (χ2n) is 7.68. The maximum Gasteiger partial charge on any atom is 0.245 e. The molecule has 1 N–H and O–H groups in total. The summed E-state index contributed by atoms with van der Waals surface area (Å²) in [6, 6.07) is 12.8. The van der Waals surface area contributed by atoms with Crippen molar-refractivity contribution in [1.82, 2.24) is 4.31 Å². The fourth-order valence-corrected chi connectivity index (χ4v) is 5.49. The van der Waals surface area contributed by atoms with Crippen LogP contribution in [0, 0.1) is 0 Å². The number of hydrogen-bond acceptors (Lipinski definition) is 5. The van der Waals surface area contributed by atoms with Gasteiger partial charge in [0.2, 0.25) is 26.0 Å². The minimum absolute atomic E-state index is 0.127. The maximum atomic E-state index is 12.6. The van der Waals surface area contributed by atoms with Crippen LogP contribution in [0.15, 0.2) is 53.4 Å². The van der Waals surface area contributed by atoms with E-state index in [1.165, 1.54) is 28.6 Å². The number of carbonyl (C=O) groups is 1. The molecular formula is C22H31N3O5S2. The molecule has 0 aliphatic carbocycles. The SMILES string of the molecule is CCN(CC)S(=O)(=O)c1ccc(NC(=O)CN(c2ccc(C(C)C)cc2)S(C)(=O)=O)cc1. The number of benzene rings is 2. The van der Waals surface area contributed by atoms with Crippen molar-refractivity contribution in [2.75, 3.05) is 35.5 Å². The zero-order chi connectivity index (χ0) is 24.1. The molecule has 0 unspecified atom stereocenters. The zero-order valence-electron chi connectivity index (χ0n) is 19.1. The average Bonchev–Trinajstić information content (AvgIpc) is 2.72. The molecule has 2 aromatic rings. The van der Waals surface area contributed by atoms with E-state index >= 15 is 0 Å². The Balaban J connectivity index is 2.17. The summed E-state index contributed by atoms with van der Waals surface area (Å²) in [5.74, 6) is -0.240. The van der Waals surface area contributed by atoms with Gasteiger partial charge in [0, 0.05) is 18.8 Å². The van der Waals surface area contributed by atoms with E-state index in [2.05, 4.69) is 5.32 Å². The summed E-state index contributed by atoms with van der Waals surface area (Å²) in [5, 5.41) is 2.63. The van der Waals surface area contributed by atoms with E-state index in [-0.39, 0.29) is 4.90 Å². The number of anilines is 2. The first kappa shape index (κ1) is 25.8. The number of sulfonamides is 2. The molecule has 32 heavy (non-hydrogen) atoms. The van der Waals surface area contributed by atoms with Crippen molar-refractivity contribution in [2.45, 2.75) is 38.5 Å². The lowest BCUT2D eigenvalue weighted by molar-refractivity contribution is -0.114. The van der Waals surface area contributed by atoms with Crippen molar-refractivity contribution < 1.29 is 21.6 Å². The number of carbonyl (C=O) groups excluding carboxylic acids is 1. The third-order valence-electron chi connectivity index (χ3n) is 5.02. The van der Waals surface area contributed by atoms with Gasteiger partial charge >= 0.3 is 0 Å². The molecule has 0 heterocycles. The molecule has 10 heteroatoms. The van der Waals surface area contributed by atoms with Crippen LogP contribution in [-0.4, -0.2) is 52.9 Å². The predicted octanol–water partition coefficient (Wildman–Crippen LogP) is 3.25. The summed E-state index contributed by atoms with van der Waals surface area (Å²) < 4.78 is 52.1. The van der Waals surface area contributed by atoms with Crippen LogP contribution in [0.25, 0.3) is 0 Å². The van der Waals surface area contributed by atoms with Gasteiger partial charge in [-0.15, -0.1) is 0 Å². The highest BCUT2D eigenvalue weighted by atomic mass is 32.2. The van der Waals surface area contributed by atoms with E-state index in [9.17, 15) is 21.6 Å². The highest BCUT2D eigenvalue weighted by molar-refractivity contribution is 7.92. The van der Waals surface area contributed by atoms with Crippen molar-refractivity contribution in [3.8, 4) is 0 Å². The Morgan fingerprint density at radius 3 is 1.88 bits per heavy atom. The molecule has 0 bridgehead atoms. The van der Waals surface area contributed by atoms with E-state index in [4.69, 9.17) is 0 Å². The number of nitrogens with zero attached hydrogens (tertiary/aromatic N) is 2. The zero-order valence-corrected chi connectivity index (χ0v) is 20.7. The minimum Gasteiger partial charge on any atom is -0.325 e. The van der Waals surface area contributed by atoms with Crippen LogP contribution in [0.1, 0.15) is 39.2 Å². The Labute approximate surface area is 191 Å². The van der Waals surface area contributed by atoms with Gasteiger partial charge in [0.05, 0.1) is 16.8 Å². The van der Waals surface area contributed by atoms with Crippen molar-refractivity contribution in [3.05, 3.63) is 54.1 Å². The molecule has 0 atom stereocenters. The fourth-order valence-electron chi connectivity index (χ4n) is 3.18. The molecule has 2 aromatic carbocycles.